The van der Waals surface area contributed by atoms with Gasteiger partial charge in [0.25, 0.3) is 5.69 Å². The third kappa shape index (κ3) is 7.26. The zero-order chi connectivity index (χ0) is 27.2. The van der Waals surface area contributed by atoms with E-state index >= 15 is 0 Å². The maximum absolute atomic E-state index is 12.5. The van der Waals surface area contributed by atoms with Crippen molar-refractivity contribution < 1.29 is 24.0 Å². The van der Waals surface area contributed by atoms with Crippen LogP contribution in [0.3, 0.4) is 0 Å². The summed E-state index contributed by atoms with van der Waals surface area (Å²) in [7, 11) is 0. The summed E-state index contributed by atoms with van der Waals surface area (Å²) in [5, 5.41) is 15.9. The van der Waals surface area contributed by atoms with Gasteiger partial charge in [0.05, 0.1) is 22.7 Å². The Kier molecular flexibility index (Phi) is 8.05. The minimum absolute atomic E-state index is 0.0293. The number of terminal acetylenes is 1. The molecule has 2 aliphatic rings. The lowest BCUT2D eigenvalue weighted by molar-refractivity contribution is -0.384. The molecule has 188 valence electrons. The number of non-ortho nitro benzene ring substituents is 1. The minimum atomic E-state index is -0.746. The van der Waals surface area contributed by atoms with Gasteiger partial charge in [-0.1, -0.05) is 48.4 Å². The summed E-state index contributed by atoms with van der Waals surface area (Å²) in [6.07, 6.45) is 4.17. The number of fused-ring (bicyclic) bond motifs is 1. The number of Topliss-reactive ketones (excluding diaryl/α,β-unsaturated/α-hetero) is 1. The Labute approximate surface area is 214 Å². The molecule has 2 aromatic carbocycles. The molecule has 0 fully saturated rings. The van der Waals surface area contributed by atoms with Crippen LogP contribution >= 0.6 is 0 Å². The van der Waals surface area contributed by atoms with Gasteiger partial charge < -0.3 is 10.1 Å². The second-order valence-corrected chi connectivity index (χ2v) is 9.03. The Morgan fingerprint density at radius 3 is 2.11 bits per heavy atom. The van der Waals surface area contributed by atoms with E-state index in [1.807, 2.05) is 0 Å². The van der Waals surface area contributed by atoms with Crippen LogP contribution in [0.4, 0.5) is 21.9 Å². The fourth-order valence-corrected chi connectivity index (χ4v) is 3.21. The van der Waals surface area contributed by atoms with Crippen LogP contribution in [-0.4, -0.2) is 28.3 Å². The van der Waals surface area contributed by atoms with Crippen LogP contribution < -0.4 is 10.6 Å². The van der Waals surface area contributed by atoms with Gasteiger partial charge in [0.15, 0.2) is 5.78 Å². The molecule has 0 atom stereocenters. The number of nitrogens with one attached hydrogen (secondary N) is 2. The number of amides is 2. The normalized spacial score (nSPS) is 10.6. The van der Waals surface area contributed by atoms with Crippen molar-refractivity contribution in [1.82, 2.24) is 0 Å². The summed E-state index contributed by atoms with van der Waals surface area (Å²) in [6, 6.07) is 18.2. The van der Waals surface area contributed by atoms with Crippen LogP contribution in [0.1, 0.15) is 43.1 Å². The van der Waals surface area contributed by atoms with Crippen molar-refractivity contribution in [3.63, 3.8) is 0 Å². The molecule has 0 unspecified atom stereocenters. The van der Waals surface area contributed by atoms with E-state index in [0.29, 0.717) is 0 Å². The molecule has 2 amide bonds. The van der Waals surface area contributed by atoms with Gasteiger partial charge in [-0.25, -0.2) is 4.79 Å². The van der Waals surface area contributed by atoms with Crippen LogP contribution in [0.5, 0.6) is 0 Å². The van der Waals surface area contributed by atoms with E-state index in [4.69, 9.17) is 11.2 Å². The van der Waals surface area contributed by atoms with Crippen LogP contribution in [0, 0.1) is 22.5 Å². The van der Waals surface area contributed by atoms with Crippen molar-refractivity contribution >= 4 is 34.8 Å². The van der Waals surface area contributed by atoms with Gasteiger partial charge in [0.1, 0.15) is 5.60 Å². The van der Waals surface area contributed by atoms with Gasteiger partial charge in [0.2, 0.25) is 5.91 Å². The SMILES string of the molecule is C#Cc1cccc(NC(=O)OC(C)(C)C)c1NC(=O)CC(=O)c1cccc([N+](=O)[O-])c1.c1cc2ccc1-2. The molecule has 2 aromatic rings. The van der Waals surface area contributed by atoms with Crippen LogP contribution in [-0.2, 0) is 9.53 Å². The standard InChI is InChI=1S/C22H21N3O6.C6H4/c1-5-14-8-7-11-17(23-21(28)31-22(2,3)4)20(14)24-19(27)13-18(26)15-9-6-10-16(12-15)25(29)30;1-2-6-4-3-5(1)6/h1,6-12H,13H2,2-4H3,(H,23,28)(H,24,27);1-4H. The molecular formula is C28H25N3O6. The highest BCUT2D eigenvalue weighted by atomic mass is 16.6. The number of ketones is 1. The van der Waals surface area contributed by atoms with Crippen molar-refractivity contribution in [3.05, 3.63) is 88.0 Å². The average Bonchev–Trinajstić information content (AvgIpc) is 2.81. The first-order valence-electron chi connectivity index (χ1n) is 11.2. The first-order chi connectivity index (χ1) is 17.5. The summed E-state index contributed by atoms with van der Waals surface area (Å²) in [5.41, 5.74) is 2.50. The molecule has 0 aromatic heterocycles. The van der Waals surface area contributed by atoms with E-state index in [9.17, 15) is 24.5 Å². The number of benzene rings is 3. The highest BCUT2D eigenvalue weighted by Crippen LogP contribution is 2.29. The smallest absolute Gasteiger partial charge is 0.412 e. The largest absolute Gasteiger partial charge is 0.444 e. The fraction of sp³-hybridized carbons (Fsp3) is 0.179. The molecule has 37 heavy (non-hydrogen) atoms. The minimum Gasteiger partial charge on any atom is -0.444 e. The summed E-state index contributed by atoms with van der Waals surface area (Å²) >= 11 is 0. The number of carbonyl (C=O) groups is 3. The Hall–Kier alpha value is -4.97. The lowest BCUT2D eigenvalue weighted by Crippen LogP contribution is -2.28. The highest BCUT2D eigenvalue weighted by Gasteiger charge is 2.20. The van der Waals surface area contributed by atoms with E-state index < -0.39 is 34.7 Å². The molecule has 0 saturated carbocycles. The number of carbonyl (C=O) groups excluding carboxylic acids is 3. The van der Waals surface area contributed by atoms with Crippen LogP contribution in [0.25, 0.3) is 11.1 Å². The number of rotatable bonds is 6. The lowest BCUT2D eigenvalue weighted by atomic mass is 9.95. The first-order valence-corrected chi connectivity index (χ1v) is 11.2. The Morgan fingerprint density at radius 1 is 0.973 bits per heavy atom. The van der Waals surface area contributed by atoms with Crippen LogP contribution in [0.15, 0.2) is 66.7 Å². The first kappa shape index (κ1) is 26.6. The highest BCUT2D eigenvalue weighted by molar-refractivity contribution is 6.12. The zero-order valence-corrected chi connectivity index (χ0v) is 20.5. The number of para-hydroxylation sites is 1. The Balaban J connectivity index is 0.000000542. The number of ether oxygens (including phenoxy) is 1. The lowest BCUT2D eigenvalue weighted by Gasteiger charge is -2.21. The molecule has 0 saturated heterocycles. The predicted molar refractivity (Wildman–Crippen MR) is 140 cm³/mol. The monoisotopic (exact) mass is 499 g/mol. The molecule has 0 aliphatic heterocycles. The van der Waals surface area contributed by atoms with E-state index in [2.05, 4.69) is 40.8 Å². The van der Waals surface area contributed by atoms with Crippen molar-refractivity contribution in [1.29, 1.82) is 0 Å². The van der Waals surface area contributed by atoms with E-state index in [1.54, 1.807) is 32.9 Å². The summed E-state index contributed by atoms with van der Waals surface area (Å²) in [6.45, 7) is 5.10. The number of anilines is 2. The van der Waals surface area contributed by atoms with E-state index in [0.717, 1.165) is 6.07 Å². The second-order valence-electron chi connectivity index (χ2n) is 9.03. The molecule has 0 bridgehead atoms. The summed E-state index contributed by atoms with van der Waals surface area (Å²) in [4.78, 5) is 47.2. The van der Waals surface area contributed by atoms with Gasteiger partial charge in [-0.2, -0.15) is 0 Å². The van der Waals surface area contributed by atoms with Gasteiger partial charge in [0, 0.05) is 23.3 Å². The predicted octanol–water partition coefficient (Wildman–Crippen LogP) is 5.80. The number of hydrogen-bond donors (Lipinski definition) is 2. The fourth-order valence-electron chi connectivity index (χ4n) is 3.21. The third-order valence-corrected chi connectivity index (χ3v) is 5.04. The van der Waals surface area contributed by atoms with Crippen molar-refractivity contribution in [2.75, 3.05) is 10.6 Å². The maximum Gasteiger partial charge on any atom is 0.412 e. The molecular weight excluding hydrogens is 474 g/mol. The third-order valence-electron chi connectivity index (χ3n) is 5.04. The van der Waals surface area contributed by atoms with Crippen molar-refractivity contribution in [3.8, 4) is 23.5 Å². The molecule has 9 nitrogen and oxygen atoms in total. The quantitative estimate of drug-likeness (QED) is 0.113. The van der Waals surface area contributed by atoms with Crippen LogP contribution in [0.2, 0.25) is 0 Å². The topological polar surface area (TPSA) is 128 Å². The van der Waals surface area contributed by atoms with Crippen molar-refractivity contribution in [2.45, 2.75) is 32.8 Å². The summed E-state index contributed by atoms with van der Waals surface area (Å²) < 4.78 is 5.20. The molecule has 0 spiro atoms. The Morgan fingerprint density at radius 2 is 1.59 bits per heavy atom. The molecule has 0 heterocycles. The average molecular weight is 500 g/mol. The number of nitrogens with zero attached hydrogens (tertiary/aromatic N) is 1. The van der Waals surface area contributed by atoms with Gasteiger partial charge >= 0.3 is 6.09 Å². The molecule has 2 N–H and O–H groups in total. The maximum atomic E-state index is 12.5. The van der Waals surface area contributed by atoms with Crippen molar-refractivity contribution in [2.24, 2.45) is 0 Å². The Bertz CT molecular complexity index is 1380. The van der Waals surface area contributed by atoms with Gasteiger partial charge in [-0.3, -0.25) is 25.0 Å². The zero-order valence-electron chi connectivity index (χ0n) is 20.5. The van der Waals surface area contributed by atoms with E-state index in [-0.39, 0.29) is 28.2 Å². The molecule has 0 radical (unpaired) electrons. The molecule has 9 heteroatoms. The van der Waals surface area contributed by atoms with Gasteiger partial charge in [-0.15, -0.1) is 6.42 Å². The number of hydrogen-bond acceptors (Lipinski definition) is 6. The molecule has 4 rings (SSSR count). The summed E-state index contributed by atoms with van der Waals surface area (Å²) in [5.74, 6) is 1.09. The van der Waals surface area contributed by atoms with Gasteiger partial charge in [-0.05, 0) is 44.0 Å². The number of nitro groups is 1. The second kappa shape index (κ2) is 11.2. The molecule has 2 aliphatic carbocycles. The van der Waals surface area contributed by atoms with E-state index in [1.165, 1.54) is 35.4 Å². The number of nitro benzene ring substituents is 1.